The zero-order valence-electron chi connectivity index (χ0n) is 10.5. The van der Waals surface area contributed by atoms with Crippen LogP contribution in [0.4, 0.5) is 13.2 Å². The molecule has 1 atom stereocenters. The zero-order chi connectivity index (χ0) is 14.4. The molecule has 0 saturated heterocycles. The maximum Gasteiger partial charge on any atom is 0.441 e. The normalized spacial score (nSPS) is 13.6. The average Bonchev–Trinajstić information content (AvgIpc) is 3.04. The molecule has 0 aliphatic heterocycles. The molecule has 20 heavy (non-hydrogen) atoms. The Balaban J connectivity index is 1.87. The lowest BCUT2D eigenvalue weighted by atomic mass is 10.1. The number of hydrogen-bond donors (Lipinski definition) is 1. The Hall–Kier alpha value is -0.500. The van der Waals surface area contributed by atoms with Gasteiger partial charge in [-0.15, -0.1) is 22.7 Å². The highest BCUT2D eigenvalue weighted by molar-refractivity contribution is 8.00. The molecular weight excluding hydrogens is 323 g/mol. The molecule has 1 unspecified atom stereocenters. The minimum atomic E-state index is -4.14. The molecule has 1 nitrogen and oxygen atoms in total. The standard InChI is InChI=1S/C13H14F3NS3/c14-13(15,16)20-8-5-17-11(12-4-2-7-19-12)9-10-3-1-6-18-10/h1-4,6-7,11,17H,5,8-9H2. The number of alkyl halides is 3. The largest absolute Gasteiger partial charge is 0.441 e. The molecule has 0 spiro atoms. The van der Waals surface area contributed by atoms with Gasteiger partial charge in [0.15, 0.2) is 0 Å². The summed E-state index contributed by atoms with van der Waals surface area (Å²) in [7, 11) is 0. The van der Waals surface area contributed by atoms with E-state index in [0.717, 1.165) is 11.3 Å². The molecule has 0 bridgehead atoms. The minimum absolute atomic E-state index is 0.0243. The fraction of sp³-hybridized carbons (Fsp3) is 0.385. The van der Waals surface area contributed by atoms with Crippen LogP contribution in [0, 0.1) is 0 Å². The van der Waals surface area contributed by atoms with Crippen molar-refractivity contribution in [1.29, 1.82) is 0 Å². The summed E-state index contributed by atoms with van der Waals surface area (Å²) in [6.45, 7) is 0.345. The van der Waals surface area contributed by atoms with Crippen molar-refractivity contribution in [1.82, 2.24) is 5.32 Å². The molecule has 0 aromatic carbocycles. The van der Waals surface area contributed by atoms with Crippen LogP contribution in [0.1, 0.15) is 15.8 Å². The van der Waals surface area contributed by atoms with Gasteiger partial charge in [0.1, 0.15) is 0 Å². The Labute approximate surface area is 128 Å². The van der Waals surface area contributed by atoms with Gasteiger partial charge in [-0.05, 0) is 34.7 Å². The van der Waals surface area contributed by atoms with E-state index in [0.29, 0.717) is 6.54 Å². The van der Waals surface area contributed by atoms with Crippen LogP contribution in [0.2, 0.25) is 0 Å². The van der Waals surface area contributed by atoms with Crippen molar-refractivity contribution in [2.45, 2.75) is 18.0 Å². The summed E-state index contributed by atoms with van der Waals surface area (Å²) in [6.07, 6.45) is 0.814. The third-order valence-corrected chi connectivity index (χ3v) is 5.25. The van der Waals surface area contributed by atoms with Gasteiger partial charge in [-0.25, -0.2) is 0 Å². The molecular formula is C13H14F3NS3. The summed E-state index contributed by atoms with van der Waals surface area (Å²) in [4.78, 5) is 2.40. The summed E-state index contributed by atoms with van der Waals surface area (Å²) in [6, 6.07) is 8.12. The minimum Gasteiger partial charge on any atom is -0.308 e. The van der Waals surface area contributed by atoms with Crippen molar-refractivity contribution in [3.05, 3.63) is 44.8 Å². The van der Waals surface area contributed by atoms with Gasteiger partial charge in [-0.3, -0.25) is 0 Å². The van der Waals surface area contributed by atoms with E-state index >= 15 is 0 Å². The Bertz CT molecular complexity index is 479. The van der Waals surface area contributed by atoms with Gasteiger partial charge in [-0.1, -0.05) is 12.1 Å². The molecule has 110 valence electrons. The van der Waals surface area contributed by atoms with E-state index in [9.17, 15) is 13.2 Å². The first-order valence-electron chi connectivity index (χ1n) is 6.04. The molecule has 2 aromatic rings. The number of halogens is 3. The van der Waals surface area contributed by atoms with Crippen molar-refractivity contribution in [3.63, 3.8) is 0 Å². The fourth-order valence-electron chi connectivity index (χ4n) is 1.79. The van der Waals surface area contributed by atoms with Gasteiger partial charge in [0.2, 0.25) is 0 Å². The van der Waals surface area contributed by atoms with E-state index in [-0.39, 0.29) is 23.6 Å². The molecule has 0 aliphatic carbocycles. The summed E-state index contributed by atoms with van der Waals surface area (Å²) >= 11 is 3.33. The molecule has 1 N–H and O–H groups in total. The Morgan fingerprint density at radius 2 is 1.90 bits per heavy atom. The van der Waals surface area contributed by atoms with E-state index < -0.39 is 5.51 Å². The van der Waals surface area contributed by atoms with E-state index in [1.165, 1.54) is 4.88 Å². The Morgan fingerprint density at radius 1 is 1.15 bits per heavy atom. The van der Waals surface area contributed by atoms with Gasteiger partial charge in [-0.2, -0.15) is 13.2 Å². The van der Waals surface area contributed by atoms with E-state index in [1.807, 2.05) is 29.0 Å². The van der Waals surface area contributed by atoms with Crippen LogP contribution in [0.25, 0.3) is 0 Å². The van der Waals surface area contributed by atoms with Crippen LogP contribution in [0.15, 0.2) is 35.0 Å². The van der Waals surface area contributed by atoms with E-state index in [2.05, 4.69) is 11.4 Å². The highest BCUT2D eigenvalue weighted by atomic mass is 32.2. The van der Waals surface area contributed by atoms with Crippen LogP contribution in [-0.4, -0.2) is 17.8 Å². The maximum absolute atomic E-state index is 12.1. The number of nitrogens with one attached hydrogen (secondary N) is 1. The lowest BCUT2D eigenvalue weighted by molar-refractivity contribution is -0.0327. The molecule has 0 saturated carbocycles. The molecule has 2 heterocycles. The van der Waals surface area contributed by atoms with Crippen molar-refractivity contribution in [2.24, 2.45) is 0 Å². The van der Waals surface area contributed by atoms with Crippen molar-refractivity contribution >= 4 is 34.4 Å². The molecule has 0 radical (unpaired) electrons. The quantitative estimate of drug-likeness (QED) is 0.719. The molecule has 2 aromatic heterocycles. The van der Waals surface area contributed by atoms with E-state index in [1.54, 1.807) is 22.7 Å². The van der Waals surface area contributed by atoms with Gasteiger partial charge < -0.3 is 5.32 Å². The second kappa shape index (κ2) is 7.49. The average molecular weight is 337 g/mol. The Kier molecular flexibility index (Phi) is 5.95. The fourth-order valence-corrected chi connectivity index (χ4v) is 3.80. The number of rotatable bonds is 7. The third kappa shape index (κ3) is 5.47. The van der Waals surface area contributed by atoms with Crippen LogP contribution >= 0.6 is 34.4 Å². The van der Waals surface area contributed by atoms with Crippen molar-refractivity contribution in [3.8, 4) is 0 Å². The summed E-state index contributed by atoms with van der Waals surface area (Å²) in [5, 5.41) is 7.23. The summed E-state index contributed by atoms with van der Waals surface area (Å²) in [5.74, 6) is 0.0375. The summed E-state index contributed by atoms with van der Waals surface area (Å²) < 4.78 is 36.3. The second-order valence-electron chi connectivity index (χ2n) is 4.10. The monoisotopic (exact) mass is 337 g/mol. The lowest BCUT2D eigenvalue weighted by Crippen LogP contribution is -2.25. The third-order valence-electron chi connectivity index (χ3n) is 2.63. The first-order chi connectivity index (χ1) is 9.54. The predicted octanol–water partition coefficient (Wildman–Crippen LogP) is 4.94. The Morgan fingerprint density at radius 3 is 2.50 bits per heavy atom. The van der Waals surface area contributed by atoms with Crippen molar-refractivity contribution in [2.75, 3.05) is 12.3 Å². The zero-order valence-corrected chi connectivity index (χ0v) is 13.0. The van der Waals surface area contributed by atoms with E-state index in [4.69, 9.17) is 0 Å². The molecule has 0 amide bonds. The summed E-state index contributed by atoms with van der Waals surface area (Å²) in [5.41, 5.74) is -4.14. The van der Waals surface area contributed by atoms with Gasteiger partial charge in [0.25, 0.3) is 0 Å². The molecule has 2 rings (SSSR count). The first-order valence-corrected chi connectivity index (χ1v) is 8.79. The van der Waals surface area contributed by atoms with Crippen LogP contribution in [-0.2, 0) is 6.42 Å². The SMILES string of the molecule is FC(F)(F)SCCNC(Cc1cccs1)c1cccs1. The number of thiophene rings is 2. The lowest BCUT2D eigenvalue weighted by Gasteiger charge is -2.17. The second-order valence-corrected chi connectivity index (χ2v) is 7.27. The van der Waals surface area contributed by atoms with Crippen LogP contribution in [0.3, 0.4) is 0 Å². The predicted molar refractivity (Wildman–Crippen MR) is 81.6 cm³/mol. The van der Waals surface area contributed by atoms with Gasteiger partial charge in [0.05, 0.1) is 0 Å². The molecule has 7 heteroatoms. The van der Waals surface area contributed by atoms with Crippen LogP contribution in [0.5, 0.6) is 0 Å². The maximum atomic E-state index is 12.1. The molecule has 0 aliphatic rings. The smallest absolute Gasteiger partial charge is 0.308 e. The van der Waals surface area contributed by atoms with Gasteiger partial charge in [0, 0.05) is 34.5 Å². The van der Waals surface area contributed by atoms with Gasteiger partial charge >= 0.3 is 5.51 Å². The highest BCUT2D eigenvalue weighted by Gasteiger charge is 2.27. The number of hydrogen-bond acceptors (Lipinski definition) is 4. The topological polar surface area (TPSA) is 12.0 Å². The van der Waals surface area contributed by atoms with Crippen molar-refractivity contribution < 1.29 is 13.2 Å². The first kappa shape index (κ1) is 15.9. The molecule has 0 fully saturated rings. The number of thioether (sulfide) groups is 1. The van der Waals surface area contributed by atoms with Crippen LogP contribution < -0.4 is 5.32 Å². The highest BCUT2D eigenvalue weighted by Crippen LogP contribution is 2.30.